The maximum absolute atomic E-state index is 5.59. The highest BCUT2D eigenvalue weighted by atomic mass is 16.5. The van der Waals surface area contributed by atoms with Gasteiger partial charge in [0.15, 0.2) is 5.65 Å². The Morgan fingerprint density at radius 3 is 3.00 bits per heavy atom. The number of tetrazole rings is 1. The molecular weight excluding hydrogens is 220 g/mol. The first kappa shape index (κ1) is 11.7. The van der Waals surface area contributed by atoms with Gasteiger partial charge < -0.3 is 10.1 Å². The maximum atomic E-state index is 5.59. The Morgan fingerprint density at radius 1 is 1.41 bits per heavy atom. The van der Waals surface area contributed by atoms with E-state index >= 15 is 0 Å². The summed E-state index contributed by atoms with van der Waals surface area (Å²) in [5, 5.41) is 18.5. The molecule has 0 aliphatic heterocycles. The van der Waals surface area contributed by atoms with Crippen LogP contribution >= 0.6 is 0 Å². The lowest BCUT2D eigenvalue weighted by Gasteiger charge is -2.24. The molecule has 2 rings (SSSR count). The second-order valence-electron chi connectivity index (χ2n) is 4.29. The first-order valence-corrected chi connectivity index (χ1v) is 5.54. The van der Waals surface area contributed by atoms with Crippen molar-refractivity contribution in [1.82, 2.24) is 25.3 Å². The van der Waals surface area contributed by atoms with Crippen LogP contribution in [0, 0.1) is 0 Å². The van der Waals surface area contributed by atoms with Crippen LogP contribution in [-0.4, -0.2) is 44.0 Å². The van der Waals surface area contributed by atoms with Gasteiger partial charge in [-0.2, -0.15) is 0 Å². The van der Waals surface area contributed by atoms with Crippen molar-refractivity contribution in [3.63, 3.8) is 0 Å². The number of ether oxygens (including phenoxy) is 1. The normalized spacial score (nSPS) is 11.9. The minimum Gasteiger partial charge on any atom is -0.374 e. The summed E-state index contributed by atoms with van der Waals surface area (Å²) in [5.74, 6) is 0.720. The molecule has 2 aromatic rings. The molecule has 0 bridgehead atoms. The van der Waals surface area contributed by atoms with Crippen LogP contribution < -0.4 is 5.32 Å². The van der Waals surface area contributed by atoms with Crippen molar-refractivity contribution in [2.75, 3.05) is 18.5 Å². The van der Waals surface area contributed by atoms with Crippen molar-refractivity contribution in [3.8, 4) is 0 Å². The van der Waals surface area contributed by atoms with Crippen molar-refractivity contribution >= 4 is 11.5 Å². The number of nitrogens with zero attached hydrogens (tertiary/aromatic N) is 5. The van der Waals surface area contributed by atoms with E-state index in [1.807, 2.05) is 32.9 Å². The average molecular weight is 236 g/mol. The minimum atomic E-state index is -0.230. The first-order chi connectivity index (χ1) is 8.11. The Labute approximate surface area is 99.2 Å². The van der Waals surface area contributed by atoms with Gasteiger partial charge in [-0.15, -0.1) is 14.8 Å². The Hall–Kier alpha value is -1.76. The zero-order chi connectivity index (χ0) is 12.3. The zero-order valence-corrected chi connectivity index (χ0v) is 10.2. The molecule has 0 saturated carbocycles. The van der Waals surface area contributed by atoms with Crippen LogP contribution in [0.15, 0.2) is 12.1 Å². The second kappa shape index (κ2) is 4.62. The van der Waals surface area contributed by atoms with E-state index in [1.165, 1.54) is 4.63 Å². The summed E-state index contributed by atoms with van der Waals surface area (Å²) in [6, 6.07) is 3.65. The third kappa shape index (κ3) is 2.88. The van der Waals surface area contributed by atoms with E-state index in [0.717, 1.165) is 5.82 Å². The molecular formula is C10H16N6O. The van der Waals surface area contributed by atoms with Crippen LogP contribution in [0.3, 0.4) is 0 Å². The quantitative estimate of drug-likeness (QED) is 0.825. The van der Waals surface area contributed by atoms with Crippen molar-refractivity contribution in [3.05, 3.63) is 12.1 Å². The molecule has 1 N–H and O–H groups in total. The molecule has 0 saturated heterocycles. The highest BCUT2D eigenvalue weighted by Crippen LogP contribution is 2.11. The van der Waals surface area contributed by atoms with E-state index < -0.39 is 0 Å². The van der Waals surface area contributed by atoms with Gasteiger partial charge >= 0.3 is 0 Å². The van der Waals surface area contributed by atoms with Crippen LogP contribution in [0.5, 0.6) is 0 Å². The van der Waals surface area contributed by atoms with Crippen molar-refractivity contribution in [1.29, 1.82) is 0 Å². The summed E-state index contributed by atoms with van der Waals surface area (Å²) in [7, 11) is 0. The fraction of sp³-hybridized carbons (Fsp3) is 0.600. The predicted octanol–water partition coefficient (Wildman–Crippen LogP) is 0.746. The number of hydrogen-bond donors (Lipinski definition) is 1. The third-order valence-corrected chi connectivity index (χ3v) is 2.30. The Balaban J connectivity index is 2.03. The fourth-order valence-corrected chi connectivity index (χ4v) is 1.49. The van der Waals surface area contributed by atoms with Gasteiger partial charge in [0.2, 0.25) is 0 Å². The first-order valence-electron chi connectivity index (χ1n) is 5.54. The lowest BCUT2D eigenvalue weighted by molar-refractivity contribution is 0.000627. The van der Waals surface area contributed by atoms with Gasteiger partial charge in [-0.05, 0) is 43.3 Å². The van der Waals surface area contributed by atoms with Crippen LogP contribution in [0.2, 0.25) is 0 Å². The van der Waals surface area contributed by atoms with Gasteiger partial charge in [0.05, 0.1) is 5.60 Å². The molecule has 0 spiro atoms. The van der Waals surface area contributed by atoms with Gasteiger partial charge in [-0.25, -0.2) is 0 Å². The molecule has 17 heavy (non-hydrogen) atoms. The Morgan fingerprint density at radius 2 is 2.24 bits per heavy atom. The standard InChI is InChI=1S/C10H16N6O/c1-4-17-10(2,3)7-11-8-5-6-9-12-14-15-16(9)13-8/h5-6H,4,7H2,1-3H3,(H,11,13). The summed E-state index contributed by atoms with van der Waals surface area (Å²) in [6.07, 6.45) is 0. The number of aromatic nitrogens is 5. The van der Waals surface area contributed by atoms with E-state index in [0.29, 0.717) is 18.8 Å². The lowest BCUT2D eigenvalue weighted by Crippen LogP contribution is -2.33. The van der Waals surface area contributed by atoms with E-state index in [2.05, 4.69) is 25.9 Å². The summed E-state index contributed by atoms with van der Waals surface area (Å²) < 4.78 is 6.97. The molecule has 0 aliphatic carbocycles. The number of hydrogen-bond acceptors (Lipinski definition) is 6. The van der Waals surface area contributed by atoms with Crippen molar-refractivity contribution in [2.45, 2.75) is 26.4 Å². The zero-order valence-electron chi connectivity index (χ0n) is 10.2. The van der Waals surface area contributed by atoms with Crippen molar-refractivity contribution < 1.29 is 4.74 Å². The molecule has 0 radical (unpaired) electrons. The van der Waals surface area contributed by atoms with E-state index in [9.17, 15) is 0 Å². The number of anilines is 1. The van der Waals surface area contributed by atoms with E-state index in [-0.39, 0.29) is 5.60 Å². The van der Waals surface area contributed by atoms with Crippen LogP contribution in [0.1, 0.15) is 20.8 Å². The summed E-state index contributed by atoms with van der Waals surface area (Å²) >= 11 is 0. The second-order valence-corrected chi connectivity index (χ2v) is 4.29. The van der Waals surface area contributed by atoms with Crippen LogP contribution in [-0.2, 0) is 4.74 Å². The topological polar surface area (TPSA) is 77.2 Å². The molecule has 2 aromatic heterocycles. The molecule has 0 aliphatic rings. The number of rotatable bonds is 5. The van der Waals surface area contributed by atoms with Gasteiger partial charge in [-0.3, -0.25) is 0 Å². The van der Waals surface area contributed by atoms with E-state index in [4.69, 9.17) is 4.74 Å². The molecule has 0 atom stereocenters. The van der Waals surface area contributed by atoms with Crippen LogP contribution in [0.25, 0.3) is 5.65 Å². The van der Waals surface area contributed by atoms with Crippen molar-refractivity contribution in [2.24, 2.45) is 0 Å². The summed E-state index contributed by atoms with van der Waals surface area (Å²) in [6.45, 7) is 7.39. The van der Waals surface area contributed by atoms with Gasteiger partial charge in [0.25, 0.3) is 0 Å². The molecule has 7 nitrogen and oxygen atoms in total. The Kier molecular flexibility index (Phi) is 3.19. The van der Waals surface area contributed by atoms with Crippen LogP contribution in [0.4, 0.5) is 5.82 Å². The highest BCUT2D eigenvalue weighted by Gasteiger charge is 2.17. The van der Waals surface area contributed by atoms with Gasteiger partial charge in [0, 0.05) is 13.2 Å². The van der Waals surface area contributed by atoms with E-state index in [1.54, 1.807) is 0 Å². The van der Waals surface area contributed by atoms with Gasteiger partial charge in [-0.1, -0.05) is 0 Å². The fourth-order valence-electron chi connectivity index (χ4n) is 1.49. The minimum absolute atomic E-state index is 0.230. The smallest absolute Gasteiger partial charge is 0.200 e. The average Bonchev–Trinajstić information content (AvgIpc) is 2.73. The number of nitrogens with one attached hydrogen (secondary N) is 1. The SMILES string of the molecule is CCOC(C)(C)CNc1ccc2nnnn2n1. The summed E-state index contributed by atoms with van der Waals surface area (Å²) in [5.41, 5.74) is 0.394. The largest absolute Gasteiger partial charge is 0.374 e. The lowest BCUT2D eigenvalue weighted by atomic mass is 10.1. The molecule has 0 aromatic carbocycles. The predicted molar refractivity (Wildman–Crippen MR) is 62.8 cm³/mol. The molecule has 0 amide bonds. The monoisotopic (exact) mass is 236 g/mol. The maximum Gasteiger partial charge on any atom is 0.200 e. The summed E-state index contributed by atoms with van der Waals surface area (Å²) in [4.78, 5) is 0. The Bertz CT molecular complexity index is 494. The highest BCUT2D eigenvalue weighted by molar-refractivity contribution is 5.42. The van der Waals surface area contributed by atoms with Gasteiger partial charge in [0.1, 0.15) is 5.82 Å². The molecule has 0 fully saturated rings. The third-order valence-electron chi connectivity index (χ3n) is 2.30. The molecule has 2 heterocycles. The molecule has 7 heteroatoms. The molecule has 92 valence electrons. The number of fused-ring (bicyclic) bond motifs is 1. The molecule has 0 unspecified atom stereocenters.